The normalized spacial score (nSPS) is 14.9. The fraction of sp³-hybridized carbons (Fsp3) is 0.833. The Hall–Kier alpha value is -3.09. The first-order chi connectivity index (χ1) is 19.0. The van der Waals surface area contributed by atoms with E-state index in [1.165, 1.54) is 0 Å². The van der Waals surface area contributed by atoms with E-state index in [9.17, 15) is 34.2 Å². The van der Waals surface area contributed by atoms with Crippen molar-refractivity contribution in [3.05, 3.63) is 0 Å². The van der Waals surface area contributed by atoms with Crippen molar-refractivity contribution in [2.75, 3.05) is 6.61 Å². The lowest BCUT2D eigenvalue weighted by Gasteiger charge is -2.27. The Bertz CT molecular complexity index is 922. The monoisotopic (exact) mass is 620 g/mol. The molecule has 0 saturated carbocycles. The second kappa shape index (κ2) is 17.3. The lowest BCUT2D eigenvalue weighted by Crippen LogP contribution is -2.47. The number of nitrogens with one attached hydrogen (secondary N) is 2. The highest BCUT2D eigenvalue weighted by Gasteiger charge is 2.31. The van der Waals surface area contributed by atoms with E-state index in [2.05, 4.69) is 10.6 Å². The predicted octanol–water partition coefficient (Wildman–Crippen LogP) is 4.57. The van der Waals surface area contributed by atoms with Gasteiger partial charge in [-0.25, -0.2) is 14.4 Å². The highest BCUT2D eigenvalue weighted by Crippen LogP contribution is 2.17. The van der Waals surface area contributed by atoms with Crippen molar-refractivity contribution in [2.45, 2.75) is 144 Å². The van der Waals surface area contributed by atoms with Crippen LogP contribution >= 0.6 is 0 Å². The number of amides is 2. The highest BCUT2D eigenvalue weighted by atomic mass is 16.6. The van der Waals surface area contributed by atoms with Gasteiger partial charge in [0.05, 0.1) is 25.5 Å². The molecular weight excluding hydrogens is 564 g/mol. The summed E-state index contributed by atoms with van der Waals surface area (Å²) in [5, 5.41) is 23.4. The number of carbonyl (C=O) groups excluding carboxylic acids is 4. The second-order valence-electron chi connectivity index (χ2n) is 14.4. The molecule has 0 rings (SSSR count). The van der Waals surface area contributed by atoms with Crippen LogP contribution in [0.2, 0.25) is 0 Å². The third kappa shape index (κ3) is 24.1. The van der Waals surface area contributed by atoms with Gasteiger partial charge in [-0.05, 0) is 94.9 Å². The van der Waals surface area contributed by atoms with E-state index in [0.717, 1.165) is 0 Å². The first-order valence-corrected chi connectivity index (χ1v) is 14.3. The number of hydrogen-bond acceptors (Lipinski definition) is 10. The Morgan fingerprint density at radius 1 is 0.581 bits per heavy atom. The van der Waals surface area contributed by atoms with Crippen molar-refractivity contribution in [1.29, 1.82) is 0 Å². The van der Waals surface area contributed by atoms with Crippen LogP contribution in [0.25, 0.3) is 0 Å². The van der Waals surface area contributed by atoms with Gasteiger partial charge in [0.25, 0.3) is 0 Å². The Morgan fingerprint density at radius 2 is 0.907 bits per heavy atom. The highest BCUT2D eigenvalue weighted by molar-refractivity contribution is 5.81. The molecule has 0 aliphatic carbocycles. The number of aliphatic carboxylic acids is 1. The van der Waals surface area contributed by atoms with E-state index >= 15 is 0 Å². The molecule has 252 valence electrons. The molecule has 0 aliphatic rings. The van der Waals surface area contributed by atoms with Crippen molar-refractivity contribution < 1.29 is 53.1 Å². The van der Waals surface area contributed by atoms with Crippen LogP contribution in [0.5, 0.6) is 0 Å². The topological polar surface area (TPSA) is 187 Å². The van der Waals surface area contributed by atoms with Crippen LogP contribution in [0.3, 0.4) is 0 Å². The molecule has 0 aromatic rings. The fourth-order valence-electron chi connectivity index (χ4n) is 3.26. The molecule has 0 radical (unpaired) electrons. The molecule has 0 heterocycles. The number of ether oxygens (including phenoxy) is 4. The molecule has 0 aromatic heterocycles. The molecule has 0 bridgehead atoms. The summed E-state index contributed by atoms with van der Waals surface area (Å²) in [4.78, 5) is 58.2. The van der Waals surface area contributed by atoms with Crippen molar-refractivity contribution in [3.8, 4) is 0 Å². The molecule has 0 aromatic carbocycles. The quantitative estimate of drug-likeness (QED) is 0.198. The minimum atomic E-state index is -1.23. The van der Waals surface area contributed by atoms with E-state index in [4.69, 9.17) is 18.9 Å². The average Bonchev–Trinajstić information content (AvgIpc) is 2.70. The molecule has 4 atom stereocenters. The summed E-state index contributed by atoms with van der Waals surface area (Å²) < 4.78 is 20.5. The number of aliphatic hydroxyl groups is 1. The van der Waals surface area contributed by atoms with Crippen molar-refractivity contribution in [3.63, 3.8) is 0 Å². The SMILES string of the molecule is C[C@@H](CC(=O)OC(C)(C)C)C(CO)NC(=O)OC(C)(C)C.C[C@@H](CC(=O)OC(C)(C)C)C(NC(=O)OC(C)(C)C)C(=O)O. The average molecular weight is 621 g/mol. The molecule has 0 fully saturated rings. The first kappa shape index (κ1) is 42.0. The zero-order valence-electron chi connectivity index (χ0n) is 28.5. The molecule has 0 aliphatic heterocycles. The summed E-state index contributed by atoms with van der Waals surface area (Å²) in [6, 6.07) is -1.80. The standard InChI is InChI=1S/C15H27NO6.C15H29NO5/c1-9(8-10(17)21-14(2,3)4)11(12(18)19)16-13(20)22-15(5,6)7;1-10(8-12(18)20-14(2,3)4)11(9-17)16-13(19)21-15(5,6)7/h9,11H,8H2,1-7H3,(H,16,20)(H,18,19);10-11,17H,8-9H2,1-7H3,(H,16,19)/t9-,11?;10-,11?/m00/s1. The summed E-state index contributed by atoms with van der Waals surface area (Å²) in [6.45, 7) is 23.9. The molecule has 0 spiro atoms. The Kier molecular flexibility index (Phi) is 16.9. The van der Waals surface area contributed by atoms with Gasteiger partial charge in [-0.3, -0.25) is 9.59 Å². The number of aliphatic hydroxyl groups excluding tert-OH is 1. The van der Waals surface area contributed by atoms with Crippen molar-refractivity contribution in [2.24, 2.45) is 11.8 Å². The molecule has 2 unspecified atom stereocenters. The second-order valence-corrected chi connectivity index (χ2v) is 14.4. The number of esters is 2. The van der Waals surface area contributed by atoms with E-state index in [0.29, 0.717) is 0 Å². The zero-order chi connectivity index (χ0) is 34.6. The summed E-state index contributed by atoms with van der Waals surface area (Å²) in [5.74, 6) is -3.02. The maximum absolute atomic E-state index is 11.8. The number of rotatable bonds is 10. The number of hydrogen-bond donors (Lipinski definition) is 4. The van der Waals surface area contributed by atoms with Crippen LogP contribution < -0.4 is 10.6 Å². The van der Waals surface area contributed by atoms with Crippen LogP contribution in [0.15, 0.2) is 0 Å². The summed E-state index contributed by atoms with van der Waals surface area (Å²) in [5.41, 5.74) is -2.54. The molecule has 4 N–H and O–H groups in total. The van der Waals surface area contributed by atoms with Gasteiger partial charge >= 0.3 is 30.1 Å². The van der Waals surface area contributed by atoms with E-state index in [1.54, 1.807) is 96.9 Å². The van der Waals surface area contributed by atoms with Gasteiger partial charge < -0.3 is 39.8 Å². The van der Waals surface area contributed by atoms with E-state index in [-0.39, 0.29) is 31.3 Å². The minimum absolute atomic E-state index is 0.109. The molecule has 2 amide bonds. The van der Waals surface area contributed by atoms with Crippen LogP contribution in [0, 0.1) is 11.8 Å². The molecular formula is C30H56N2O11. The first-order valence-electron chi connectivity index (χ1n) is 14.3. The molecule has 13 nitrogen and oxygen atoms in total. The Morgan fingerprint density at radius 3 is 1.21 bits per heavy atom. The Balaban J connectivity index is 0. The third-order valence-corrected chi connectivity index (χ3v) is 4.91. The smallest absolute Gasteiger partial charge is 0.408 e. The summed E-state index contributed by atoms with van der Waals surface area (Å²) in [6.07, 6.45) is -1.46. The predicted molar refractivity (Wildman–Crippen MR) is 160 cm³/mol. The maximum atomic E-state index is 11.8. The van der Waals surface area contributed by atoms with Crippen LogP contribution in [-0.2, 0) is 33.3 Å². The molecule has 0 saturated heterocycles. The van der Waals surface area contributed by atoms with Crippen LogP contribution in [0.4, 0.5) is 9.59 Å². The van der Waals surface area contributed by atoms with Gasteiger partial charge in [0.15, 0.2) is 0 Å². The van der Waals surface area contributed by atoms with Crippen LogP contribution in [-0.4, -0.2) is 81.4 Å². The number of carboxylic acids is 1. The largest absolute Gasteiger partial charge is 0.480 e. The zero-order valence-corrected chi connectivity index (χ0v) is 28.5. The maximum Gasteiger partial charge on any atom is 0.408 e. The van der Waals surface area contributed by atoms with E-state index < -0.39 is 64.5 Å². The van der Waals surface area contributed by atoms with Gasteiger partial charge in [-0.1, -0.05) is 13.8 Å². The minimum Gasteiger partial charge on any atom is -0.480 e. The lowest BCUT2D eigenvalue weighted by atomic mass is 9.98. The van der Waals surface area contributed by atoms with Crippen LogP contribution in [0.1, 0.15) is 110 Å². The number of alkyl carbamates (subject to hydrolysis) is 2. The van der Waals surface area contributed by atoms with Gasteiger partial charge in [-0.15, -0.1) is 0 Å². The number of carboxylic acid groups (broad SMARTS) is 1. The molecule has 13 heteroatoms. The van der Waals surface area contributed by atoms with Crippen molar-refractivity contribution >= 4 is 30.1 Å². The van der Waals surface area contributed by atoms with E-state index in [1.807, 2.05) is 0 Å². The summed E-state index contributed by atoms with van der Waals surface area (Å²) >= 11 is 0. The fourth-order valence-corrected chi connectivity index (χ4v) is 3.26. The van der Waals surface area contributed by atoms with Gasteiger partial charge in [0, 0.05) is 0 Å². The van der Waals surface area contributed by atoms with Crippen molar-refractivity contribution in [1.82, 2.24) is 10.6 Å². The third-order valence-electron chi connectivity index (χ3n) is 4.91. The van der Waals surface area contributed by atoms with Gasteiger partial charge in [-0.2, -0.15) is 0 Å². The lowest BCUT2D eigenvalue weighted by molar-refractivity contribution is -0.157. The number of carbonyl (C=O) groups is 5. The Labute approximate surface area is 256 Å². The summed E-state index contributed by atoms with van der Waals surface area (Å²) in [7, 11) is 0. The van der Waals surface area contributed by atoms with Gasteiger partial charge in [0.2, 0.25) is 0 Å². The molecule has 43 heavy (non-hydrogen) atoms. The van der Waals surface area contributed by atoms with Gasteiger partial charge in [0.1, 0.15) is 28.4 Å².